The smallest absolute Gasteiger partial charge is 0.272 e. The maximum atomic E-state index is 13.1. The molecule has 0 atom stereocenters. The van der Waals surface area contributed by atoms with Gasteiger partial charge in [-0.25, -0.2) is 0 Å². The molecule has 1 saturated heterocycles. The number of aryl methyl sites for hydroxylation is 2. The third kappa shape index (κ3) is 8.00. The highest BCUT2D eigenvalue weighted by Crippen LogP contribution is 2.20. The fraction of sp³-hybridized carbons (Fsp3) is 0.273. The van der Waals surface area contributed by atoms with Crippen LogP contribution in [0.5, 0.6) is 5.75 Å². The van der Waals surface area contributed by atoms with Gasteiger partial charge in [0.05, 0.1) is 31.7 Å². The Morgan fingerprint density at radius 1 is 0.717 bits per heavy atom. The van der Waals surface area contributed by atoms with Gasteiger partial charge in [0, 0.05) is 69.5 Å². The molecule has 0 saturated carbocycles. The van der Waals surface area contributed by atoms with Gasteiger partial charge in [-0.3, -0.25) is 24.1 Å². The predicted molar refractivity (Wildman–Crippen MR) is 174 cm³/mol. The van der Waals surface area contributed by atoms with Gasteiger partial charge < -0.3 is 39.9 Å². The minimum Gasteiger partial charge on any atom is -0.497 e. The quantitative estimate of drug-likeness (QED) is 0.200. The number of anilines is 3. The van der Waals surface area contributed by atoms with Gasteiger partial charge in [0.25, 0.3) is 23.6 Å². The summed E-state index contributed by atoms with van der Waals surface area (Å²) in [6, 6.07) is 16.4. The summed E-state index contributed by atoms with van der Waals surface area (Å²) in [6.07, 6.45) is 3.30. The number of nitrogens with one attached hydrogen (secondary N) is 4. The van der Waals surface area contributed by atoms with E-state index in [0.717, 1.165) is 19.6 Å². The number of amides is 4. The lowest BCUT2D eigenvalue weighted by Crippen LogP contribution is -2.41. The Labute approximate surface area is 266 Å². The van der Waals surface area contributed by atoms with Gasteiger partial charge in [-0.05, 0) is 54.6 Å². The summed E-state index contributed by atoms with van der Waals surface area (Å²) in [5.41, 5.74) is 2.97. The molecule has 2 aromatic carbocycles. The van der Waals surface area contributed by atoms with Crippen molar-refractivity contribution in [1.82, 2.24) is 19.4 Å². The number of hydrogen-bond acceptors (Lipinski definition) is 7. The van der Waals surface area contributed by atoms with Crippen LogP contribution < -0.4 is 26.0 Å². The van der Waals surface area contributed by atoms with Gasteiger partial charge in [0.15, 0.2) is 0 Å². The van der Waals surface area contributed by atoms with Crippen LogP contribution in [-0.4, -0.2) is 84.2 Å². The molecule has 0 spiro atoms. The van der Waals surface area contributed by atoms with Crippen LogP contribution in [-0.2, 0) is 18.8 Å². The lowest BCUT2D eigenvalue weighted by atomic mass is 10.1. The summed E-state index contributed by atoms with van der Waals surface area (Å²) in [4.78, 5) is 53.6. The van der Waals surface area contributed by atoms with E-state index in [0.29, 0.717) is 65.1 Å². The van der Waals surface area contributed by atoms with E-state index >= 15 is 0 Å². The van der Waals surface area contributed by atoms with Crippen molar-refractivity contribution in [2.24, 2.45) is 14.1 Å². The summed E-state index contributed by atoms with van der Waals surface area (Å²) >= 11 is 0. The van der Waals surface area contributed by atoms with Gasteiger partial charge in [-0.15, -0.1) is 0 Å². The van der Waals surface area contributed by atoms with E-state index in [1.807, 2.05) is 0 Å². The SMILES string of the molecule is COc1cccc(C(=O)Nc2ccc(C(=O)Nc3cc(C(=O)Nc4cc(C(=O)NCCN5CCOCC5)n(C)c4)n(C)c3)cc2)c1. The average molecular weight is 628 g/mol. The molecule has 4 N–H and O–H groups in total. The maximum Gasteiger partial charge on any atom is 0.272 e. The van der Waals surface area contributed by atoms with Crippen LogP contribution in [0.15, 0.2) is 73.1 Å². The number of rotatable bonds is 11. The van der Waals surface area contributed by atoms with Crippen molar-refractivity contribution in [3.05, 3.63) is 95.6 Å². The first-order chi connectivity index (χ1) is 22.2. The van der Waals surface area contributed by atoms with Crippen LogP contribution in [0, 0.1) is 0 Å². The molecule has 3 heterocycles. The standard InChI is InChI=1S/C33H37N7O6/c1-38-21-26(18-28(38)32(43)34-11-12-40-13-15-46-16-14-40)37-33(44)29-19-25(20-39(29)2)36-30(41)22-7-9-24(10-8-22)35-31(42)23-5-4-6-27(17-23)45-3/h4-10,17-21H,11-16H2,1-3H3,(H,34,43)(H,35,42)(H,36,41)(H,37,44). The van der Waals surface area contributed by atoms with Crippen LogP contribution >= 0.6 is 0 Å². The van der Waals surface area contributed by atoms with E-state index in [1.165, 1.54) is 7.11 Å². The highest BCUT2D eigenvalue weighted by molar-refractivity contribution is 6.08. The Morgan fingerprint density at radius 3 is 1.96 bits per heavy atom. The van der Waals surface area contributed by atoms with E-state index in [2.05, 4.69) is 26.2 Å². The molecule has 13 nitrogen and oxygen atoms in total. The number of aromatic nitrogens is 2. The Balaban J connectivity index is 1.14. The Morgan fingerprint density at radius 2 is 1.30 bits per heavy atom. The molecule has 5 rings (SSSR count). The van der Waals surface area contributed by atoms with Crippen molar-refractivity contribution >= 4 is 40.7 Å². The molecular formula is C33H37N7O6. The van der Waals surface area contributed by atoms with Crippen LogP contribution in [0.3, 0.4) is 0 Å². The first kappa shape index (κ1) is 32.0. The fourth-order valence-corrected chi connectivity index (χ4v) is 5.03. The zero-order valence-corrected chi connectivity index (χ0v) is 26.0. The lowest BCUT2D eigenvalue weighted by molar-refractivity contribution is 0.0383. The van der Waals surface area contributed by atoms with Crippen LogP contribution in [0.4, 0.5) is 17.1 Å². The monoisotopic (exact) mass is 627 g/mol. The molecule has 4 amide bonds. The van der Waals surface area contributed by atoms with Gasteiger partial charge in [0.1, 0.15) is 17.1 Å². The molecule has 0 bridgehead atoms. The molecule has 240 valence electrons. The molecule has 2 aromatic heterocycles. The van der Waals surface area contributed by atoms with Crippen LogP contribution in [0.2, 0.25) is 0 Å². The number of ether oxygens (including phenoxy) is 2. The normalized spacial score (nSPS) is 13.1. The highest BCUT2D eigenvalue weighted by Gasteiger charge is 2.18. The average Bonchev–Trinajstić information content (AvgIpc) is 3.62. The summed E-state index contributed by atoms with van der Waals surface area (Å²) in [7, 11) is 4.97. The summed E-state index contributed by atoms with van der Waals surface area (Å²) in [6.45, 7) is 4.35. The van der Waals surface area contributed by atoms with Gasteiger partial charge >= 0.3 is 0 Å². The minimum absolute atomic E-state index is 0.229. The highest BCUT2D eigenvalue weighted by atomic mass is 16.5. The van der Waals surface area contributed by atoms with E-state index in [-0.39, 0.29) is 17.7 Å². The predicted octanol–water partition coefficient (Wildman–Crippen LogP) is 3.19. The number of benzene rings is 2. The second-order valence-electron chi connectivity index (χ2n) is 10.8. The van der Waals surface area contributed by atoms with Crippen molar-refractivity contribution in [3.63, 3.8) is 0 Å². The molecule has 0 aliphatic carbocycles. The summed E-state index contributed by atoms with van der Waals surface area (Å²) in [5.74, 6) is -0.738. The van der Waals surface area contributed by atoms with E-state index in [4.69, 9.17) is 9.47 Å². The number of hydrogen-bond donors (Lipinski definition) is 4. The Kier molecular flexibility index (Phi) is 10.1. The number of morpholine rings is 1. The topological polar surface area (TPSA) is 148 Å². The van der Waals surface area contributed by atoms with E-state index < -0.39 is 5.91 Å². The molecular weight excluding hydrogens is 590 g/mol. The zero-order chi connectivity index (χ0) is 32.6. The molecule has 13 heteroatoms. The Bertz CT molecular complexity index is 1720. The summed E-state index contributed by atoms with van der Waals surface area (Å²) < 4.78 is 13.8. The number of carbonyl (C=O) groups is 4. The van der Waals surface area contributed by atoms with Gasteiger partial charge in [-0.1, -0.05) is 6.07 Å². The van der Waals surface area contributed by atoms with Crippen molar-refractivity contribution in [3.8, 4) is 5.75 Å². The van der Waals surface area contributed by atoms with Crippen molar-refractivity contribution in [2.45, 2.75) is 0 Å². The van der Waals surface area contributed by atoms with Crippen molar-refractivity contribution in [1.29, 1.82) is 0 Å². The third-order valence-corrected chi connectivity index (χ3v) is 7.55. The number of methoxy groups -OCH3 is 1. The number of nitrogens with zero attached hydrogens (tertiary/aromatic N) is 3. The fourth-order valence-electron chi connectivity index (χ4n) is 5.03. The molecule has 46 heavy (non-hydrogen) atoms. The second-order valence-corrected chi connectivity index (χ2v) is 10.8. The second kappa shape index (κ2) is 14.6. The molecule has 0 radical (unpaired) electrons. The van der Waals surface area contributed by atoms with Gasteiger partial charge in [0.2, 0.25) is 0 Å². The van der Waals surface area contributed by atoms with Crippen molar-refractivity contribution in [2.75, 3.05) is 62.5 Å². The first-order valence-electron chi connectivity index (χ1n) is 14.8. The minimum atomic E-state index is -0.399. The maximum absolute atomic E-state index is 13.1. The summed E-state index contributed by atoms with van der Waals surface area (Å²) in [5, 5.41) is 11.4. The third-order valence-electron chi connectivity index (χ3n) is 7.55. The lowest BCUT2D eigenvalue weighted by Gasteiger charge is -2.26. The molecule has 0 unspecified atom stereocenters. The first-order valence-corrected chi connectivity index (χ1v) is 14.8. The molecule has 1 aliphatic rings. The molecule has 4 aromatic rings. The van der Waals surface area contributed by atoms with Crippen LogP contribution in [0.25, 0.3) is 0 Å². The Hall–Kier alpha value is -5.40. The zero-order valence-electron chi connectivity index (χ0n) is 26.0. The van der Waals surface area contributed by atoms with Crippen molar-refractivity contribution < 1.29 is 28.7 Å². The van der Waals surface area contributed by atoms with Crippen LogP contribution in [0.1, 0.15) is 41.7 Å². The van der Waals surface area contributed by atoms with E-state index in [9.17, 15) is 19.2 Å². The van der Waals surface area contributed by atoms with E-state index in [1.54, 1.807) is 96.3 Å². The molecule has 1 aliphatic heterocycles. The number of carbonyl (C=O) groups excluding carboxylic acids is 4. The molecule has 1 fully saturated rings. The largest absolute Gasteiger partial charge is 0.497 e. The van der Waals surface area contributed by atoms with Gasteiger partial charge in [-0.2, -0.15) is 0 Å².